The summed E-state index contributed by atoms with van der Waals surface area (Å²) >= 11 is 6.20. The lowest BCUT2D eigenvalue weighted by Gasteiger charge is -2.19. The highest BCUT2D eigenvalue weighted by molar-refractivity contribution is 6.32. The fourth-order valence-electron chi connectivity index (χ4n) is 2.46. The van der Waals surface area contributed by atoms with Crippen molar-refractivity contribution in [2.75, 3.05) is 26.8 Å². The number of hydrogen-bond acceptors (Lipinski definition) is 4. The van der Waals surface area contributed by atoms with Crippen LogP contribution in [0.25, 0.3) is 6.08 Å². The third kappa shape index (κ3) is 4.51. The van der Waals surface area contributed by atoms with Crippen molar-refractivity contribution in [2.24, 2.45) is 0 Å². The Labute approximate surface area is 151 Å². The zero-order chi connectivity index (χ0) is 17.6. The Kier molecular flexibility index (Phi) is 5.56. The lowest BCUT2D eigenvalue weighted by Crippen LogP contribution is -2.27. The van der Waals surface area contributed by atoms with Crippen molar-refractivity contribution in [3.05, 3.63) is 58.9 Å². The molecule has 0 aliphatic carbocycles. The fourth-order valence-corrected chi connectivity index (χ4v) is 2.73. The highest BCUT2D eigenvalue weighted by Gasteiger charge is 2.16. The van der Waals surface area contributed by atoms with Crippen LogP contribution >= 0.6 is 11.6 Å². The van der Waals surface area contributed by atoms with Gasteiger partial charge in [-0.25, -0.2) is 0 Å². The van der Waals surface area contributed by atoms with Gasteiger partial charge >= 0.3 is 0 Å². The molecule has 1 aliphatic heterocycles. The molecule has 0 radical (unpaired) electrons. The van der Waals surface area contributed by atoms with E-state index in [9.17, 15) is 4.79 Å². The molecule has 0 N–H and O–H groups in total. The number of benzene rings is 1. The number of carbonyl (C=O) groups excluding carboxylic acids is 1. The normalized spacial score (nSPS) is 13.0. The molecule has 1 aromatic heterocycles. The molecule has 0 bridgehead atoms. The predicted octanol–water partition coefficient (Wildman–Crippen LogP) is 3.22. The average Bonchev–Trinajstić information content (AvgIpc) is 2.65. The first-order chi connectivity index (χ1) is 12.1. The van der Waals surface area contributed by atoms with Crippen molar-refractivity contribution < 1.29 is 14.3 Å². The van der Waals surface area contributed by atoms with Crippen molar-refractivity contribution in [3.63, 3.8) is 0 Å². The number of hydrogen-bond donors (Lipinski definition) is 0. The summed E-state index contributed by atoms with van der Waals surface area (Å²) in [5.41, 5.74) is 1.76. The maximum atomic E-state index is 12.2. The molecule has 5 nitrogen and oxygen atoms in total. The maximum absolute atomic E-state index is 12.2. The van der Waals surface area contributed by atoms with Gasteiger partial charge in [-0.2, -0.15) is 0 Å². The quantitative estimate of drug-likeness (QED) is 0.770. The summed E-state index contributed by atoms with van der Waals surface area (Å²) in [5, 5.41) is 0.479. The third-order valence-corrected chi connectivity index (χ3v) is 4.12. The third-order valence-electron chi connectivity index (χ3n) is 3.84. The van der Waals surface area contributed by atoms with Crippen molar-refractivity contribution in [3.8, 4) is 11.5 Å². The second-order valence-corrected chi connectivity index (χ2v) is 6.10. The van der Waals surface area contributed by atoms with E-state index in [1.54, 1.807) is 30.3 Å². The van der Waals surface area contributed by atoms with Gasteiger partial charge in [0.05, 0.1) is 5.02 Å². The van der Waals surface area contributed by atoms with Crippen molar-refractivity contribution in [2.45, 2.75) is 6.42 Å². The molecule has 0 saturated carbocycles. The number of fused-ring (bicyclic) bond motifs is 1. The molecular formula is C19H19ClN2O3. The Bertz CT molecular complexity index is 778. The zero-order valence-electron chi connectivity index (χ0n) is 13.9. The predicted molar refractivity (Wildman–Crippen MR) is 97.1 cm³/mol. The van der Waals surface area contributed by atoms with Gasteiger partial charge < -0.3 is 14.4 Å². The molecule has 3 rings (SSSR count). The summed E-state index contributed by atoms with van der Waals surface area (Å²) in [4.78, 5) is 18.2. The molecule has 1 aliphatic rings. The van der Waals surface area contributed by atoms with E-state index in [2.05, 4.69) is 4.98 Å². The first-order valence-corrected chi connectivity index (χ1v) is 8.43. The highest BCUT2D eigenvalue weighted by atomic mass is 35.5. The standard InChI is InChI=1S/C19H19ClN2O3/c1-22(9-7-15-4-2-3-8-21-15)18(23)6-5-14-12-16(20)19-17(13-14)24-10-11-25-19/h2-6,8,12-13H,7,9-11H2,1H3/b6-5+. The summed E-state index contributed by atoms with van der Waals surface area (Å²) in [6.45, 7) is 1.58. The lowest BCUT2D eigenvalue weighted by atomic mass is 10.1. The molecule has 1 amide bonds. The SMILES string of the molecule is CN(CCc1ccccn1)C(=O)/C=C/c1cc(Cl)c2c(c1)OCCO2. The molecule has 2 aromatic rings. The summed E-state index contributed by atoms with van der Waals surface area (Å²) < 4.78 is 11.0. The van der Waals surface area contributed by atoms with Crippen LogP contribution in [0.3, 0.4) is 0 Å². The minimum Gasteiger partial charge on any atom is -0.486 e. The summed E-state index contributed by atoms with van der Waals surface area (Å²) in [7, 11) is 1.77. The zero-order valence-corrected chi connectivity index (χ0v) is 14.7. The first-order valence-electron chi connectivity index (χ1n) is 8.06. The largest absolute Gasteiger partial charge is 0.486 e. The number of rotatable bonds is 5. The van der Waals surface area contributed by atoms with Crippen LogP contribution in [0.2, 0.25) is 5.02 Å². The van der Waals surface area contributed by atoms with Crippen LogP contribution in [0.15, 0.2) is 42.6 Å². The van der Waals surface area contributed by atoms with Crippen molar-refractivity contribution in [1.29, 1.82) is 0 Å². The van der Waals surface area contributed by atoms with Crippen LogP contribution in [-0.2, 0) is 11.2 Å². The van der Waals surface area contributed by atoms with Crippen LogP contribution in [-0.4, -0.2) is 42.6 Å². The van der Waals surface area contributed by atoms with Crippen molar-refractivity contribution >= 4 is 23.6 Å². The van der Waals surface area contributed by atoms with Gasteiger partial charge in [0.1, 0.15) is 13.2 Å². The fraction of sp³-hybridized carbons (Fsp3) is 0.263. The number of pyridine rings is 1. The average molecular weight is 359 g/mol. The Morgan fingerprint density at radius 1 is 1.32 bits per heavy atom. The van der Waals surface area contributed by atoms with Crippen LogP contribution in [0.1, 0.15) is 11.3 Å². The molecule has 0 atom stereocenters. The first kappa shape index (κ1) is 17.3. The Morgan fingerprint density at radius 3 is 2.96 bits per heavy atom. The number of ether oxygens (including phenoxy) is 2. The summed E-state index contributed by atoms with van der Waals surface area (Å²) in [5.74, 6) is 1.08. The molecule has 1 aromatic carbocycles. The Balaban J connectivity index is 1.61. The smallest absolute Gasteiger partial charge is 0.246 e. The molecule has 25 heavy (non-hydrogen) atoms. The molecule has 0 spiro atoms. The highest BCUT2D eigenvalue weighted by Crippen LogP contribution is 2.38. The van der Waals surface area contributed by atoms with Crippen LogP contribution in [0.5, 0.6) is 11.5 Å². The molecule has 130 valence electrons. The lowest BCUT2D eigenvalue weighted by molar-refractivity contribution is -0.124. The summed E-state index contributed by atoms with van der Waals surface area (Å²) in [6, 6.07) is 9.34. The van der Waals surface area contributed by atoms with E-state index in [1.807, 2.05) is 24.3 Å². The van der Waals surface area contributed by atoms with Gasteiger partial charge in [-0.3, -0.25) is 9.78 Å². The van der Waals surface area contributed by atoms with E-state index in [1.165, 1.54) is 6.08 Å². The van der Waals surface area contributed by atoms with Crippen molar-refractivity contribution in [1.82, 2.24) is 9.88 Å². The van der Waals surface area contributed by atoms with E-state index < -0.39 is 0 Å². The maximum Gasteiger partial charge on any atom is 0.246 e. The number of halogens is 1. The number of nitrogens with zero attached hydrogens (tertiary/aromatic N) is 2. The molecule has 0 saturated heterocycles. The molecule has 0 fully saturated rings. The molecule has 6 heteroatoms. The Morgan fingerprint density at radius 2 is 2.16 bits per heavy atom. The second-order valence-electron chi connectivity index (χ2n) is 5.69. The Hall–Kier alpha value is -2.53. The number of carbonyl (C=O) groups is 1. The number of amides is 1. The van der Waals surface area contributed by atoms with E-state index in [4.69, 9.17) is 21.1 Å². The van der Waals surface area contributed by atoms with Gasteiger partial charge in [0.2, 0.25) is 5.91 Å². The van der Waals surface area contributed by atoms with Crippen LogP contribution < -0.4 is 9.47 Å². The molecule has 2 heterocycles. The summed E-state index contributed by atoms with van der Waals surface area (Å²) in [6.07, 6.45) is 5.72. The van der Waals surface area contributed by atoms with Gasteiger partial charge in [-0.15, -0.1) is 0 Å². The topological polar surface area (TPSA) is 51.7 Å². The van der Waals surface area contributed by atoms with E-state index >= 15 is 0 Å². The van der Waals surface area contributed by atoms with Gasteiger partial charge in [0, 0.05) is 38.0 Å². The minimum absolute atomic E-state index is 0.0815. The van der Waals surface area contributed by atoms with E-state index in [0.29, 0.717) is 42.7 Å². The van der Waals surface area contributed by atoms with Gasteiger partial charge in [-0.05, 0) is 35.9 Å². The van der Waals surface area contributed by atoms with E-state index in [-0.39, 0.29) is 5.91 Å². The number of likely N-dealkylation sites (N-methyl/N-ethyl adjacent to an activating group) is 1. The van der Waals surface area contributed by atoms with Gasteiger partial charge in [-0.1, -0.05) is 17.7 Å². The van der Waals surface area contributed by atoms with Gasteiger partial charge in [0.15, 0.2) is 11.5 Å². The minimum atomic E-state index is -0.0815. The molecular weight excluding hydrogens is 340 g/mol. The van der Waals surface area contributed by atoms with Crippen LogP contribution in [0.4, 0.5) is 0 Å². The monoisotopic (exact) mass is 358 g/mol. The van der Waals surface area contributed by atoms with Crippen LogP contribution in [0, 0.1) is 0 Å². The van der Waals surface area contributed by atoms with E-state index in [0.717, 1.165) is 11.3 Å². The second kappa shape index (κ2) is 8.03. The number of aromatic nitrogens is 1. The van der Waals surface area contributed by atoms with Gasteiger partial charge in [0.25, 0.3) is 0 Å². The molecule has 0 unspecified atom stereocenters.